The van der Waals surface area contributed by atoms with E-state index in [1.165, 1.54) is 5.39 Å². The smallest absolute Gasteiger partial charge is 0.145 e. The van der Waals surface area contributed by atoms with E-state index in [0.29, 0.717) is 6.61 Å². The van der Waals surface area contributed by atoms with E-state index in [1.54, 1.807) is 12.4 Å². The number of nitrogens with zero attached hydrogens (tertiary/aromatic N) is 2. The van der Waals surface area contributed by atoms with Crippen LogP contribution >= 0.6 is 0 Å². The quantitative estimate of drug-likeness (QED) is 0.712. The molecule has 0 bridgehead atoms. The van der Waals surface area contributed by atoms with Crippen molar-refractivity contribution >= 4 is 10.8 Å². The molecule has 2 heterocycles. The number of aromatic nitrogens is 2. The molecule has 0 unspecified atom stereocenters. The van der Waals surface area contributed by atoms with E-state index in [2.05, 4.69) is 29.0 Å². The zero-order chi connectivity index (χ0) is 13.8. The van der Waals surface area contributed by atoms with Gasteiger partial charge in [0.2, 0.25) is 0 Å². The summed E-state index contributed by atoms with van der Waals surface area (Å²) >= 11 is 0. The maximum Gasteiger partial charge on any atom is 0.145 e. The number of hydrogen-bond acceptors (Lipinski definition) is 3. The molecule has 100 valence electrons. The summed E-state index contributed by atoms with van der Waals surface area (Å²) in [6.45, 7) is 2.78. The Bertz CT molecular complexity index is 720. The molecule has 1 aromatic carbocycles. The van der Waals surface area contributed by atoms with Crippen molar-refractivity contribution in [3.8, 4) is 16.9 Å². The third-order valence-electron chi connectivity index (χ3n) is 3.20. The number of fused-ring (bicyclic) bond motifs is 1. The van der Waals surface area contributed by atoms with Crippen molar-refractivity contribution in [3.63, 3.8) is 0 Å². The Morgan fingerprint density at radius 3 is 2.75 bits per heavy atom. The van der Waals surface area contributed by atoms with Crippen molar-refractivity contribution in [3.05, 3.63) is 55.1 Å². The first kappa shape index (κ1) is 12.6. The SMILES string of the molecule is CCCOc1cnccc1-c1cncc2ccccc12. The molecule has 0 fully saturated rings. The van der Waals surface area contributed by atoms with Crippen molar-refractivity contribution in [1.29, 1.82) is 0 Å². The van der Waals surface area contributed by atoms with Crippen LogP contribution in [0.3, 0.4) is 0 Å². The molecule has 0 N–H and O–H groups in total. The van der Waals surface area contributed by atoms with Gasteiger partial charge in [0.15, 0.2) is 0 Å². The van der Waals surface area contributed by atoms with E-state index in [4.69, 9.17) is 4.74 Å². The fraction of sp³-hybridized carbons (Fsp3) is 0.176. The van der Waals surface area contributed by atoms with Crippen LogP contribution in [0.1, 0.15) is 13.3 Å². The second-order valence-electron chi connectivity index (χ2n) is 4.63. The molecular formula is C17H16N2O. The predicted molar refractivity (Wildman–Crippen MR) is 80.8 cm³/mol. The number of rotatable bonds is 4. The molecule has 3 aromatic rings. The van der Waals surface area contributed by atoms with Gasteiger partial charge in [-0.25, -0.2) is 0 Å². The highest BCUT2D eigenvalue weighted by Gasteiger charge is 2.09. The van der Waals surface area contributed by atoms with Gasteiger partial charge in [-0.1, -0.05) is 31.2 Å². The molecule has 0 saturated carbocycles. The molecule has 0 amide bonds. The highest BCUT2D eigenvalue weighted by molar-refractivity contribution is 5.96. The topological polar surface area (TPSA) is 35.0 Å². The summed E-state index contributed by atoms with van der Waals surface area (Å²) in [5.74, 6) is 0.813. The Balaban J connectivity index is 2.16. The molecular weight excluding hydrogens is 248 g/mol. The number of hydrogen-bond donors (Lipinski definition) is 0. The molecule has 0 spiro atoms. The first-order valence-corrected chi connectivity index (χ1v) is 6.80. The molecule has 0 aliphatic heterocycles. The molecule has 0 radical (unpaired) electrons. The van der Waals surface area contributed by atoms with Crippen LogP contribution in [0.15, 0.2) is 55.1 Å². The lowest BCUT2D eigenvalue weighted by atomic mass is 10.0. The van der Waals surface area contributed by atoms with Gasteiger partial charge in [-0.05, 0) is 17.9 Å². The van der Waals surface area contributed by atoms with E-state index in [9.17, 15) is 0 Å². The first-order chi connectivity index (χ1) is 9.90. The van der Waals surface area contributed by atoms with Gasteiger partial charge in [-0.15, -0.1) is 0 Å². The predicted octanol–water partition coefficient (Wildman–Crippen LogP) is 4.09. The van der Waals surface area contributed by atoms with Crippen LogP contribution in [0.4, 0.5) is 0 Å². The van der Waals surface area contributed by atoms with Crippen LogP contribution in [-0.2, 0) is 0 Å². The highest BCUT2D eigenvalue weighted by atomic mass is 16.5. The number of pyridine rings is 2. The van der Waals surface area contributed by atoms with Gasteiger partial charge in [0, 0.05) is 35.1 Å². The zero-order valence-electron chi connectivity index (χ0n) is 11.4. The van der Waals surface area contributed by atoms with Crippen LogP contribution in [0, 0.1) is 0 Å². The van der Waals surface area contributed by atoms with Crippen LogP contribution in [0.25, 0.3) is 21.9 Å². The molecule has 0 aliphatic carbocycles. The number of benzene rings is 1. The molecule has 3 rings (SSSR count). The van der Waals surface area contributed by atoms with Gasteiger partial charge in [0.1, 0.15) is 5.75 Å². The van der Waals surface area contributed by atoms with Gasteiger partial charge >= 0.3 is 0 Å². The monoisotopic (exact) mass is 264 g/mol. The summed E-state index contributed by atoms with van der Waals surface area (Å²) in [5, 5.41) is 2.30. The second-order valence-corrected chi connectivity index (χ2v) is 4.63. The molecule has 20 heavy (non-hydrogen) atoms. The fourth-order valence-electron chi connectivity index (χ4n) is 2.26. The Hall–Kier alpha value is -2.42. The second kappa shape index (κ2) is 5.70. The summed E-state index contributed by atoms with van der Waals surface area (Å²) in [6, 6.07) is 10.2. The Morgan fingerprint density at radius 2 is 1.85 bits per heavy atom. The summed E-state index contributed by atoms with van der Waals surface area (Å²) in [6.07, 6.45) is 8.30. The summed E-state index contributed by atoms with van der Waals surface area (Å²) < 4.78 is 5.80. The normalized spacial score (nSPS) is 10.7. The van der Waals surface area contributed by atoms with Crippen molar-refractivity contribution in [2.45, 2.75) is 13.3 Å². The maximum absolute atomic E-state index is 5.80. The van der Waals surface area contributed by atoms with Gasteiger partial charge in [-0.2, -0.15) is 0 Å². The van der Waals surface area contributed by atoms with E-state index in [1.807, 2.05) is 30.6 Å². The van der Waals surface area contributed by atoms with E-state index in [0.717, 1.165) is 28.7 Å². The van der Waals surface area contributed by atoms with Crippen molar-refractivity contribution in [2.24, 2.45) is 0 Å². The molecule has 2 aromatic heterocycles. The lowest BCUT2D eigenvalue weighted by Gasteiger charge is -2.12. The Labute approximate surface area is 118 Å². The summed E-state index contributed by atoms with van der Waals surface area (Å²) in [5.41, 5.74) is 2.12. The third kappa shape index (κ3) is 2.35. The lowest BCUT2D eigenvalue weighted by Crippen LogP contribution is -1.98. The fourth-order valence-corrected chi connectivity index (χ4v) is 2.26. The minimum Gasteiger partial charge on any atom is -0.491 e. The van der Waals surface area contributed by atoms with E-state index in [-0.39, 0.29) is 0 Å². The van der Waals surface area contributed by atoms with Crippen LogP contribution < -0.4 is 4.74 Å². The average Bonchev–Trinajstić information content (AvgIpc) is 2.53. The van der Waals surface area contributed by atoms with Crippen LogP contribution in [-0.4, -0.2) is 16.6 Å². The minimum atomic E-state index is 0.691. The van der Waals surface area contributed by atoms with Crippen LogP contribution in [0.5, 0.6) is 5.75 Å². The van der Waals surface area contributed by atoms with Gasteiger partial charge in [-0.3, -0.25) is 9.97 Å². The van der Waals surface area contributed by atoms with Crippen molar-refractivity contribution < 1.29 is 4.74 Å². The molecule has 0 saturated heterocycles. The standard InChI is InChI=1S/C17H16N2O/c1-2-9-20-17-12-18-8-7-15(17)16-11-19-10-13-5-3-4-6-14(13)16/h3-8,10-12H,2,9H2,1H3. The summed E-state index contributed by atoms with van der Waals surface area (Å²) in [7, 11) is 0. The minimum absolute atomic E-state index is 0.691. The number of ether oxygens (including phenoxy) is 1. The molecule has 0 aliphatic rings. The van der Waals surface area contributed by atoms with Crippen molar-refractivity contribution in [2.75, 3.05) is 6.61 Å². The maximum atomic E-state index is 5.80. The van der Waals surface area contributed by atoms with Crippen LogP contribution in [0.2, 0.25) is 0 Å². The molecule has 3 nitrogen and oxygen atoms in total. The van der Waals surface area contributed by atoms with Gasteiger partial charge in [0.25, 0.3) is 0 Å². The first-order valence-electron chi connectivity index (χ1n) is 6.80. The van der Waals surface area contributed by atoms with Crippen molar-refractivity contribution in [1.82, 2.24) is 9.97 Å². The lowest BCUT2D eigenvalue weighted by molar-refractivity contribution is 0.317. The molecule has 3 heteroatoms. The highest BCUT2D eigenvalue weighted by Crippen LogP contribution is 2.33. The van der Waals surface area contributed by atoms with Gasteiger partial charge in [0.05, 0.1) is 12.8 Å². The zero-order valence-corrected chi connectivity index (χ0v) is 11.4. The Morgan fingerprint density at radius 1 is 0.950 bits per heavy atom. The molecule has 0 atom stereocenters. The van der Waals surface area contributed by atoms with E-state index >= 15 is 0 Å². The largest absolute Gasteiger partial charge is 0.491 e. The third-order valence-corrected chi connectivity index (χ3v) is 3.20. The summed E-state index contributed by atoms with van der Waals surface area (Å²) in [4.78, 5) is 8.49. The van der Waals surface area contributed by atoms with E-state index < -0.39 is 0 Å². The van der Waals surface area contributed by atoms with Gasteiger partial charge < -0.3 is 4.74 Å². The average molecular weight is 264 g/mol. The Kier molecular flexibility index (Phi) is 3.59.